The molecule has 0 aromatic heterocycles. The Bertz CT molecular complexity index is 2530. The smallest absolute Gasteiger partial charge is 0.206 e. The SMILES string of the molecule is CN=CN=C(N)N(c1ccccc1)c1ccc(-c2ccc3c4c(cccc24)-c2c-3c(-c3ccccc3)c3ccccc3c2-c2ccccc2)cc1. The second-order valence-electron chi connectivity index (χ2n) is 12.7. The van der Waals surface area contributed by atoms with E-state index in [1.165, 1.54) is 78.0 Å². The first kappa shape index (κ1) is 30.3. The van der Waals surface area contributed by atoms with Crippen molar-refractivity contribution in [1.29, 1.82) is 0 Å². The lowest BCUT2D eigenvalue weighted by molar-refractivity contribution is 1.29. The Labute approximate surface area is 297 Å². The molecule has 4 heteroatoms. The highest BCUT2D eigenvalue weighted by Gasteiger charge is 2.31. The highest BCUT2D eigenvalue weighted by Crippen LogP contribution is 2.58. The lowest BCUT2D eigenvalue weighted by Crippen LogP contribution is -2.33. The second kappa shape index (κ2) is 12.6. The van der Waals surface area contributed by atoms with Crippen LogP contribution in [-0.4, -0.2) is 19.3 Å². The van der Waals surface area contributed by atoms with Gasteiger partial charge in [-0.1, -0.05) is 146 Å². The summed E-state index contributed by atoms with van der Waals surface area (Å²) in [5.74, 6) is 0.346. The second-order valence-corrected chi connectivity index (χ2v) is 12.7. The molecule has 51 heavy (non-hydrogen) atoms. The number of para-hydroxylation sites is 1. The molecule has 0 heterocycles. The van der Waals surface area contributed by atoms with E-state index in [-0.39, 0.29) is 0 Å². The maximum absolute atomic E-state index is 6.50. The van der Waals surface area contributed by atoms with E-state index in [2.05, 4.69) is 150 Å². The van der Waals surface area contributed by atoms with Gasteiger partial charge in [-0.3, -0.25) is 9.89 Å². The Morgan fingerprint density at radius 3 is 1.53 bits per heavy atom. The molecule has 242 valence electrons. The van der Waals surface area contributed by atoms with Crippen molar-refractivity contribution in [2.24, 2.45) is 15.7 Å². The summed E-state index contributed by atoms with van der Waals surface area (Å²) in [4.78, 5) is 10.3. The molecule has 0 aliphatic heterocycles. The highest BCUT2D eigenvalue weighted by atomic mass is 15.3. The van der Waals surface area contributed by atoms with Gasteiger partial charge in [0, 0.05) is 18.4 Å². The quantitative estimate of drug-likeness (QED) is 0.143. The molecule has 8 aromatic rings. The van der Waals surface area contributed by atoms with Crippen LogP contribution in [0.15, 0.2) is 180 Å². The van der Waals surface area contributed by atoms with Crippen LogP contribution in [0.2, 0.25) is 0 Å². The van der Waals surface area contributed by atoms with E-state index in [1.807, 2.05) is 35.2 Å². The van der Waals surface area contributed by atoms with Crippen molar-refractivity contribution in [2.45, 2.75) is 0 Å². The predicted molar refractivity (Wildman–Crippen MR) is 217 cm³/mol. The molecule has 0 saturated heterocycles. The summed E-state index contributed by atoms with van der Waals surface area (Å²) in [6.45, 7) is 0. The molecule has 0 radical (unpaired) electrons. The van der Waals surface area contributed by atoms with Gasteiger partial charge in [-0.25, -0.2) is 4.99 Å². The number of nitrogens with two attached hydrogens (primary N) is 1. The number of hydrogen-bond acceptors (Lipinski definition) is 1. The van der Waals surface area contributed by atoms with Gasteiger partial charge in [0.25, 0.3) is 0 Å². The van der Waals surface area contributed by atoms with Crippen molar-refractivity contribution in [2.75, 3.05) is 11.9 Å². The van der Waals surface area contributed by atoms with Crippen LogP contribution in [-0.2, 0) is 0 Å². The van der Waals surface area contributed by atoms with Gasteiger partial charge >= 0.3 is 0 Å². The van der Waals surface area contributed by atoms with Gasteiger partial charge in [0.15, 0.2) is 0 Å². The van der Waals surface area contributed by atoms with Gasteiger partial charge in [0.1, 0.15) is 6.34 Å². The Kier molecular flexibility index (Phi) is 7.48. The number of nitrogens with zero attached hydrogens (tertiary/aromatic N) is 3. The first-order valence-corrected chi connectivity index (χ1v) is 17.2. The summed E-state index contributed by atoms with van der Waals surface area (Å²) in [7, 11) is 1.68. The largest absolute Gasteiger partial charge is 0.369 e. The topological polar surface area (TPSA) is 54.0 Å². The standard InChI is InChI=1S/C47H34N4/c1-49-30-50-47(48)51(34-18-9-4-10-19-34)35-26-24-31(25-27-35)36-28-29-41-44-37(36)22-13-23-40(44)45-42(32-14-5-2-6-15-32)38-20-11-12-21-39(38)43(46(41)45)33-16-7-3-8-17-33/h2-30H,1H3,(H2,48,49,50). The minimum atomic E-state index is 0.346. The van der Waals surface area contributed by atoms with Crippen molar-refractivity contribution in [1.82, 2.24) is 0 Å². The van der Waals surface area contributed by atoms with Crippen LogP contribution in [0.3, 0.4) is 0 Å². The van der Waals surface area contributed by atoms with E-state index >= 15 is 0 Å². The lowest BCUT2D eigenvalue weighted by Gasteiger charge is -2.24. The Morgan fingerprint density at radius 2 is 0.941 bits per heavy atom. The molecule has 0 fully saturated rings. The van der Waals surface area contributed by atoms with Gasteiger partial charge in [0.05, 0.1) is 0 Å². The maximum Gasteiger partial charge on any atom is 0.206 e. The normalized spacial score (nSPS) is 12.1. The molecule has 0 amide bonds. The molecular weight excluding hydrogens is 621 g/mol. The van der Waals surface area contributed by atoms with Crippen LogP contribution in [0.25, 0.3) is 77.2 Å². The molecule has 0 bridgehead atoms. The average Bonchev–Trinajstić information content (AvgIpc) is 3.52. The van der Waals surface area contributed by atoms with Crippen LogP contribution in [0.4, 0.5) is 11.4 Å². The van der Waals surface area contributed by atoms with Crippen LogP contribution in [0.1, 0.15) is 0 Å². The average molecular weight is 655 g/mol. The van der Waals surface area contributed by atoms with Crippen LogP contribution >= 0.6 is 0 Å². The van der Waals surface area contributed by atoms with Crippen LogP contribution < -0.4 is 10.6 Å². The summed E-state index contributed by atoms with van der Waals surface area (Å²) in [6.07, 6.45) is 1.47. The van der Waals surface area contributed by atoms with Gasteiger partial charge in [-0.15, -0.1) is 0 Å². The summed E-state index contributed by atoms with van der Waals surface area (Å²) < 4.78 is 0. The van der Waals surface area contributed by atoms with E-state index < -0.39 is 0 Å². The molecule has 0 saturated carbocycles. The first-order valence-electron chi connectivity index (χ1n) is 17.2. The third-order valence-electron chi connectivity index (χ3n) is 9.91. The van der Waals surface area contributed by atoms with Gasteiger partial charge in [-0.05, 0) is 101 Å². The summed E-state index contributed by atoms with van der Waals surface area (Å²) in [6, 6.07) is 60.6. The molecule has 0 spiro atoms. The predicted octanol–water partition coefficient (Wildman–Crippen LogP) is 11.8. The van der Waals surface area contributed by atoms with Gasteiger partial charge < -0.3 is 5.73 Å². The number of hydrogen-bond donors (Lipinski definition) is 1. The highest BCUT2D eigenvalue weighted by molar-refractivity contribution is 6.28. The number of fused-ring (bicyclic) bond motifs is 4. The van der Waals surface area contributed by atoms with E-state index in [9.17, 15) is 0 Å². The third kappa shape index (κ3) is 5.00. The minimum absolute atomic E-state index is 0.346. The fourth-order valence-corrected chi connectivity index (χ4v) is 7.82. The molecule has 0 atom stereocenters. The molecule has 8 aromatic carbocycles. The number of aliphatic imine (C=N–C) groups is 2. The number of anilines is 2. The maximum atomic E-state index is 6.50. The van der Waals surface area contributed by atoms with Crippen LogP contribution in [0, 0.1) is 0 Å². The van der Waals surface area contributed by atoms with Crippen molar-refractivity contribution in [3.63, 3.8) is 0 Å². The zero-order chi connectivity index (χ0) is 34.3. The number of benzene rings is 8. The molecule has 1 aliphatic carbocycles. The third-order valence-corrected chi connectivity index (χ3v) is 9.91. The number of rotatable bonds is 6. The molecule has 4 nitrogen and oxygen atoms in total. The van der Waals surface area contributed by atoms with Crippen molar-refractivity contribution in [3.05, 3.63) is 170 Å². The minimum Gasteiger partial charge on any atom is -0.369 e. The first-order chi connectivity index (χ1) is 25.2. The van der Waals surface area contributed by atoms with Crippen molar-refractivity contribution < 1.29 is 0 Å². The summed E-state index contributed by atoms with van der Waals surface area (Å²) in [5.41, 5.74) is 20.8. The lowest BCUT2D eigenvalue weighted by atomic mass is 9.82. The summed E-state index contributed by atoms with van der Waals surface area (Å²) in [5, 5.41) is 5.05. The summed E-state index contributed by atoms with van der Waals surface area (Å²) >= 11 is 0. The molecule has 2 N–H and O–H groups in total. The van der Waals surface area contributed by atoms with E-state index in [1.54, 1.807) is 7.05 Å². The zero-order valence-corrected chi connectivity index (χ0v) is 28.2. The molecule has 0 unspecified atom stereocenters. The Balaban J connectivity index is 1.26. The Hall–Kier alpha value is -6.78. The van der Waals surface area contributed by atoms with E-state index in [0.29, 0.717) is 5.96 Å². The monoisotopic (exact) mass is 654 g/mol. The number of guanidine groups is 1. The van der Waals surface area contributed by atoms with Crippen molar-refractivity contribution in [3.8, 4) is 55.6 Å². The molecule has 9 rings (SSSR count). The van der Waals surface area contributed by atoms with E-state index in [4.69, 9.17) is 5.73 Å². The van der Waals surface area contributed by atoms with Gasteiger partial charge in [-0.2, -0.15) is 0 Å². The Morgan fingerprint density at radius 1 is 0.451 bits per heavy atom. The van der Waals surface area contributed by atoms with Gasteiger partial charge in [0.2, 0.25) is 5.96 Å². The fraction of sp³-hybridized carbons (Fsp3) is 0.0213. The van der Waals surface area contributed by atoms with Crippen LogP contribution in [0.5, 0.6) is 0 Å². The zero-order valence-electron chi connectivity index (χ0n) is 28.2. The van der Waals surface area contributed by atoms with Crippen molar-refractivity contribution >= 4 is 45.2 Å². The van der Waals surface area contributed by atoms with E-state index in [0.717, 1.165) is 16.9 Å². The fourth-order valence-electron chi connectivity index (χ4n) is 7.82. The molecule has 1 aliphatic rings. The molecular formula is C47H34N4.